The van der Waals surface area contributed by atoms with Crippen LogP contribution < -0.4 is 10.6 Å². The number of nitrogens with one attached hydrogen (secondary N) is 2. The van der Waals surface area contributed by atoms with E-state index in [2.05, 4.69) is 4.84 Å². The van der Waals surface area contributed by atoms with Gasteiger partial charge in [0.2, 0.25) is 0 Å². The molecule has 0 saturated heterocycles. The SMILES string of the molecule is N=C(N)c1ccc2cc(/C=C/c3ccc(S(=O)(=O)NOC(=O)C(F)(F)F)cc3)ccc2c1. The van der Waals surface area contributed by atoms with Gasteiger partial charge in [-0.25, -0.2) is 13.2 Å². The molecule has 7 nitrogen and oxygen atoms in total. The van der Waals surface area contributed by atoms with Crippen LogP contribution in [0, 0.1) is 5.41 Å². The van der Waals surface area contributed by atoms with Gasteiger partial charge in [0, 0.05) is 5.56 Å². The molecule has 0 amide bonds. The fourth-order valence-electron chi connectivity index (χ4n) is 2.68. The topological polar surface area (TPSA) is 122 Å². The highest BCUT2D eigenvalue weighted by Gasteiger charge is 2.42. The number of nitrogens with two attached hydrogens (primary N) is 1. The molecule has 166 valence electrons. The van der Waals surface area contributed by atoms with Gasteiger partial charge in [0.1, 0.15) is 5.84 Å². The molecule has 0 aliphatic rings. The largest absolute Gasteiger partial charge is 0.492 e. The Morgan fingerprint density at radius 2 is 1.50 bits per heavy atom. The van der Waals surface area contributed by atoms with Crippen molar-refractivity contribution in [1.29, 1.82) is 5.41 Å². The van der Waals surface area contributed by atoms with Gasteiger partial charge in [-0.1, -0.05) is 48.6 Å². The van der Waals surface area contributed by atoms with E-state index in [1.165, 1.54) is 12.1 Å². The van der Waals surface area contributed by atoms with E-state index in [0.717, 1.165) is 33.4 Å². The molecule has 32 heavy (non-hydrogen) atoms. The predicted molar refractivity (Wildman–Crippen MR) is 113 cm³/mol. The lowest BCUT2D eigenvalue weighted by Crippen LogP contribution is -2.34. The van der Waals surface area contributed by atoms with Crippen molar-refractivity contribution < 1.29 is 31.2 Å². The van der Waals surface area contributed by atoms with Crippen LogP contribution in [0.3, 0.4) is 0 Å². The molecule has 3 aromatic carbocycles. The molecule has 0 fully saturated rings. The molecular formula is C21H16F3N3O4S. The highest BCUT2D eigenvalue weighted by Crippen LogP contribution is 2.20. The van der Waals surface area contributed by atoms with Crippen molar-refractivity contribution in [2.45, 2.75) is 11.1 Å². The van der Waals surface area contributed by atoms with Gasteiger partial charge in [0.15, 0.2) is 0 Å². The Labute approximate surface area is 180 Å². The Kier molecular flexibility index (Phi) is 6.32. The van der Waals surface area contributed by atoms with Gasteiger partial charge in [-0.05, 0) is 51.1 Å². The third-order valence-corrected chi connectivity index (χ3v) is 5.50. The number of fused-ring (bicyclic) bond motifs is 1. The molecule has 4 N–H and O–H groups in total. The van der Waals surface area contributed by atoms with E-state index < -0.39 is 22.2 Å². The summed E-state index contributed by atoms with van der Waals surface area (Å²) in [6.45, 7) is 0. The molecule has 0 unspecified atom stereocenters. The molecule has 3 aromatic rings. The number of rotatable bonds is 6. The number of sulfonamides is 1. The normalized spacial score (nSPS) is 12.2. The number of carbonyl (C=O) groups excluding carboxylic acids is 1. The van der Waals surface area contributed by atoms with Crippen molar-refractivity contribution in [3.63, 3.8) is 0 Å². The zero-order chi connectivity index (χ0) is 23.5. The molecule has 0 atom stereocenters. The van der Waals surface area contributed by atoms with Gasteiger partial charge in [-0.3, -0.25) is 5.41 Å². The Balaban J connectivity index is 1.71. The van der Waals surface area contributed by atoms with Gasteiger partial charge in [-0.2, -0.15) is 13.2 Å². The zero-order valence-electron chi connectivity index (χ0n) is 16.2. The summed E-state index contributed by atoms with van der Waals surface area (Å²) in [5.41, 5.74) is 7.61. The first-order chi connectivity index (χ1) is 15.0. The van der Waals surface area contributed by atoms with Crippen molar-refractivity contribution in [1.82, 2.24) is 4.89 Å². The van der Waals surface area contributed by atoms with E-state index in [1.807, 2.05) is 30.3 Å². The van der Waals surface area contributed by atoms with Crippen molar-refractivity contribution in [2.24, 2.45) is 5.73 Å². The lowest BCUT2D eigenvalue weighted by atomic mass is 10.0. The fraction of sp³-hybridized carbons (Fsp3) is 0.0476. The first kappa shape index (κ1) is 23.0. The first-order valence-electron chi connectivity index (χ1n) is 8.92. The third-order valence-electron chi connectivity index (χ3n) is 4.31. The average molecular weight is 463 g/mol. The zero-order valence-corrected chi connectivity index (χ0v) is 17.0. The van der Waals surface area contributed by atoms with Crippen molar-refractivity contribution in [2.75, 3.05) is 0 Å². The minimum atomic E-state index is -5.32. The molecule has 0 heterocycles. The second kappa shape index (κ2) is 8.81. The van der Waals surface area contributed by atoms with Crippen LogP contribution in [0.4, 0.5) is 13.2 Å². The van der Waals surface area contributed by atoms with Crippen LogP contribution in [0.1, 0.15) is 16.7 Å². The summed E-state index contributed by atoms with van der Waals surface area (Å²) in [4.78, 5) is 15.0. The Hall–Kier alpha value is -3.70. The van der Waals surface area contributed by atoms with Gasteiger partial charge < -0.3 is 10.6 Å². The molecular weight excluding hydrogens is 447 g/mol. The van der Waals surface area contributed by atoms with Gasteiger partial charge in [0.25, 0.3) is 10.0 Å². The van der Waals surface area contributed by atoms with E-state index >= 15 is 0 Å². The average Bonchev–Trinajstić information content (AvgIpc) is 2.75. The van der Waals surface area contributed by atoms with E-state index in [1.54, 1.807) is 18.2 Å². The number of hydrogen-bond acceptors (Lipinski definition) is 5. The van der Waals surface area contributed by atoms with E-state index in [4.69, 9.17) is 11.1 Å². The predicted octanol–water partition coefficient (Wildman–Crippen LogP) is 3.59. The quantitative estimate of drug-likeness (QED) is 0.223. The van der Waals surface area contributed by atoms with Crippen LogP contribution in [-0.4, -0.2) is 26.4 Å². The summed E-state index contributed by atoms with van der Waals surface area (Å²) in [6.07, 6.45) is -1.81. The minimum Gasteiger partial charge on any atom is -0.384 e. The van der Waals surface area contributed by atoms with Gasteiger partial charge in [0.05, 0.1) is 4.90 Å². The molecule has 0 aromatic heterocycles. The maximum atomic E-state index is 12.1. The molecule has 11 heteroatoms. The summed E-state index contributed by atoms with van der Waals surface area (Å²) < 4.78 is 60.2. The monoisotopic (exact) mass is 463 g/mol. The Morgan fingerprint density at radius 1 is 0.938 bits per heavy atom. The molecule has 0 aliphatic heterocycles. The highest BCUT2D eigenvalue weighted by molar-refractivity contribution is 7.89. The molecule has 0 bridgehead atoms. The number of halogens is 3. The second-order valence-corrected chi connectivity index (χ2v) is 8.26. The van der Waals surface area contributed by atoms with E-state index in [-0.39, 0.29) is 10.7 Å². The molecule has 0 saturated carbocycles. The van der Waals surface area contributed by atoms with Crippen molar-refractivity contribution in [3.8, 4) is 0 Å². The lowest BCUT2D eigenvalue weighted by Gasteiger charge is -2.08. The van der Waals surface area contributed by atoms with Crippen LogP contribution in [0.5, 0.6) is 0 Å². The number of amidine groups is 1. The molecule has 0 spiro atoms. The number of hydrogen-bond donors (Lipinski definition) is 3. The maximum absolute atomic E-state index is 12.1. The van der Waals surface area contributed by atoms with Crippen molar-refractivity contribution in [3.05, 3.63) is 77.4 Å². The Morgan fingerprint density at radius 3 is 2.12 bits per heavy atom. The number of carbonyl (C=O) groups is 1. The number of alkyl halides is 3. The minimum absolute atomic E-state index is 0.0185. The van der Waals surface area contributed by atoms with Gasteiger partial charge >= 0.3 is 12.1 Å². The number of nitrogen functional groups attached to an aromatic ring is 1. The van der Waals surface area contributed by atoms with Crippen LogP contribution >= 0.6 is 0 Å². The third kappa shape index (κ3) is 5.50. The second-order valence-electron chi connectivity index (χ2n) is 6.61. The van der Waals surface area contributed by atoms with Crippen LogP contribution in [0.15, 0.2) is 65.6 Å². The van der Waals surface area contributed by atoms with E-state index in [0.29, 0.717) is 11.1 Å². The molecule has 3 rings (SSSR count). The van der Waals surface area contributed by atoms with Gasteiger partial charge in [-0.15, -0.1) is 0 Å². The lowest BCUT2D eigenvalue weighted by molar-refractivity contribution is -0.203. The smallest absolute Gasteiger partial charge is 0.384 e. The highest BCUT2D eigenvalue weighted by atomic mass is 32.2. The van der Waals surface area contributed by atoms with Crippen LogP contribution in [0.25, 0.3) is 22.9 Å². The summed E-state index contributed by atoms with van der Waals surface area (Å²) in [7, 11) is -4.47. The Bertz CT molecular complexity index is 1320. The molecule has 0 aliphatic carbocycles. The first-order valence-corrected chi connectivity index (χ1v) is 10.4. The summed E-state index contributed by atoms with van der Waals surface area (Å²) >= 11 is 0. The van der Waals surface area contributed by atoms with Crippen LogP contribution in [0.2, 0.25) is 0 Å². The summed E-state index contributed by atoms with van der Waals surface area (Å²) in [5, 5.41) is 9.35. The van der Waals surface area contributed by atoms with Crippen LogP contribution in [-0.2, 0) is 19.7 Å². The fourth-order valence-corrected chi connectivity index (χ4v) is 3.46. The maximum Gasteiger partial charge on any atom is 0.492 e. The summed E-state index contributed by atoms with van der Waals surface area (Å²) in [5.74, 6) is -2.69. The van der Waals surface area contributed by atoms with Crippen molar-refractivity contribution >= 4 is 44.8 Å². The standard InChI is InChI=1S/C21H16F3N3O4S/c22-21(23,24)20(28)31-27-32(29,30)18-9-4-13(5-10-18)1-2-14-3-6-16-12-17(19(25)26)8-7-15(16)11-14/h1-12,27H,(H3,25,26)/b2-1+. The molecule has 0 radical (unpaired) electrons. The number of benzene rings is 3. The van der Waals surface area contributed by atoms with E-state index in [9.17, 15) is 26.4 Å². The summed E-state index contributed by atoms with van der Waals surface area (Å²) in [6, 6.07) is 16.3.